The Morgan fingerprint density at radius 3 is 2.14 bits per heavy atom. The van der Waals surface area contributed by atoms with Crippen molar-refractivity contribution in [2.45, 2.75) is 39.5 Å². The molecule has 0 atom stereocenters. The van der Waals surface area contributed by atoms with E-state index in [0.29, 0.717) is 5.69 Å². The molecule has 0 saturated carbocycles. The maximum Gasteiger partial charge on any atom is 0.249 e. The number of aryl methyl sites for hydroxylation is 1. The number of rotatable bonds is 2. The first-order valence-corrected chi connectivity index (χ1v) is 4.59. The minimum absolute atomic E-state index is 0.319. The summed E-state index contributed by atoms with van der Waals surface area (Å²) >= 11 is 0. The number of hydrogen-bond acceptors (Lipinski definition) is 2. The van der Waals surface area contributed by atoms with Crippen LogP contribution >= 0.6 is 0 Å². The molecular formula is C9H17F2N3. The average Bonchev–Trinajstić information content (AvgIpc) is 2.55. The molecule has 0 aliphatic rings. The van der Waals surface area contributed by atoms with Crippen molar-refractivity contribution in [1.29, 1.82) is 0 Å². The van der Waals surface area contributed by atoms with Crippen LogP contribution in [0.4, 0.5) is 8.78 Å². The Bertz CT molecular complexity index is 269. The predicted octanol–water partition coefficient (Wildman–Crippen LogP) is 2.38. The molecule has 5 heteroatoms. The van der Waals surface area contributed by atoms with E-state index in [4.69, 9.17) is 0 Å². The third-order valence-electron chi connectivity index (χ3n) is 1.81. The van der Waals surface area contributed by atoms with Crippen molar-refractivity contribution in [3.05, 3.63) is 11.9 Å². The van der Waals surface area contributed by atoms with Crippen LogP contribution in [0.5, 0.6) is 0 Å². The van der Waals surface area contributed by atoms with Crippen molar-refractivity contribution >= 4 is 0 Å². The van der Waals surface area contributed by atoms with E-state index in [2.05, 4.69) is 10.3 Å². The zero-order chi connectivity index (χ0) is 11.4. The Morgan fingerprint density at radius 2 is 1.86 bits per heavy atom. The predicted molar refractivity (Wildman–Crippen MR) is 51.4 cm³/mol. The van der Waals surface area contributed by atoms with Gasteiger partial charge in [-0.15, -0.1) is 5.10 Å². The number of hydrogen-bond donors (Lipinski definition) is 0. The zero-order valence-corrected chi connectivity index (χ0v) is 9.25. The molecule has 0 fully saturated rings. The van der Waals surface area contributed by atoms with E-state index >= 15 is 0 Å². The van der Waals surface area contributed by atoms with Gasteiger partial charge in [-0.2, -0.15) is 0 Å². The molecule has 3 nitrogen and oxygen atoms in total. The summed E-state index contributed by atoms with van der Waals surface area (Å²) in [5, 5.41) is 7.24. The lowest BCUT2D eigenvalue weighted by Crippen LogP contribution is -2.27. The fraction of sp³-hybridized carbons (Fsp3) is 0.778. The van der Waals surface area contributed by atoms with Crippen LogP contribution in [0.2, 0.25) is 0 Å². The van der Waals surface area contributed by atoms with Gasteiger partial charge in [0, 0.05) is 13.2 Å². The summed E-state index contributed by atoms with van der Waals surface area (Å²) in [6.45, 7) is 6.89. The van der Waals surface area contributed by atoms with Gasteiger partial charge < -0.3 is 0 Å². The molecular weight excluding hydrogens is 188 g/mol. The average molecular weight is 205 g/mol. The molecule has 1 rings (SSSR count). The van der Waals surface area contributed by atoms with Gasteiger partial charge in [0.1, 0.15) is 0 Å². The Balaban J connectivity index is 0.000000791. The molecule has 0 aliphatic carbocycles. The number of halogens is 2. The quantitative estimate of drug-likeness (QED) is 0.742. The molecule has 0 aromatic carbocycles. The molecule has 82 valence electrons. The highest BCUT2D eigenvalue weighted by molar-refractivity contribution is 5.09. The lowest BCUT2D eigenvalue weighted by atomic mass is 9.91. The third-order valence-corrected chi connectivity index (χ3v) is 1.81. The molecule has 0 unspecified atom stereocenters. The van der Waals surface area contributed by atoms with Crippen molar-refractivity contribution in [3.8, 4) is 0 Å². The number of alkyl halides is 2. The summed E-state index contributed by atoms with van der Waals surface area (Å²) < 4.78 is 26.3. The molecule has 0 radical (unpaired) electrons. The van der Waals surface area contributed by atoms with Crippen LogP contribution in [-0.4, -0.2) is 21.4 Å². The van der Waals surface area contributed by atoms with E-state index in [9.17, 15) is 8.78 Å². The molecule has 14 heavy (non-hydrogen) atoms. The molecule has 1 heterocycles. The highest BCUT2D eigenvalue weighted by Crippen LogP contribution is 2.27. The van der Waals surface area contributed by atoms with Crippen LogP contribution < -0.4 is 0 Å². The van der Waals surface area contributed by atoms with Crippen molar-refractivity contribution in [2.75, 3.05) is 0 Å². The van der Waals surface area contributed by atoms with Gasteiger partial charge in [-0.1, -0.05) is 19.1 Å². The molecule has 0 N–H and O–H groups in total. The second-order valence-electron chi connectivity index (χ2n) is 3.30. The maximum atomic E-state index is 12.4. The van der Waals surface area contributed by atoms with Crippen molar-refractivity contribution in [2.24, 2.45) is 7.05 Å². The van der Waals surface area contributed by atoms with Gasteiger partial charge in [-0.3, -0.25) is 4.68 Å². The first-order chi connectivity index (χ1) is 6.44. The van der Waals surface area contributed by atoms with E-state index in [1.165, 1.54) is 24.7 Å². The fourth-order valence-corrected chi connectivity index (χ4v) is 0.754. The first-order valence-electron chi connectivity index (χ1n) is 4.59. The van der Waals surface area contributed by atoms with Gasteiger partial charge >= 0.3 is 0 Å². The SMILES string of the molecule is CC.Cn1cc(C(C)(C)C(F)F)nn1. The van der Waals surface area contributed by atoms with Gasteiger partial charge in [0.05, 0.1) is 11.1 Å². The van der Waals surface area contributed by atoms with E-state index in [1.54, 1.807) is 7.05 Å². The lowest BCUT2D eigenvalue weighted by Gasteiger charge is -2.19. The van der Waals surface area contributed by atoms with E-state index < -0.39 is 11.8 Å². The van der Waals surface area contributed by atoms with Crippen LogP contribution in [0.25, 0.3) is 0 Å². The van der Waals surface area contributed by atoms with Gasteiger partial charge in [-0.05, 0) is 13.8 Å². The highest BCUT2D eigenvalue weighted by Gasteiger charge is 2.34. The Hall–Kier alpha value is -1.00. The van der Waals surface area contributed by atoms with Crippen molar-refractivity contribution < 1.29 is 8.78 Å². The normalized spacial score (nSPS) is 11.1. The third kappa shape index (κ3) is 2.75. The van der Waals surface area contributed by atoms with Crippen LogP contribution in [0.1, 0.15) is 33.4 Å². The van der Waals surface area contributed by atoms with Gasteiger partial charge in [0.25, 0.3) is 0 Å². The highest BCUT2D eigenvalue weighted by atomic mass is 19.3. The second-order valence-corrected chi connectivity index (χ2v) is 3.30. The monoisotopic (exact) mass is 205 g/mol. The Morgan fingerprint density at radius 1 is 1.36 bits per heavy atom. The van der Waals surface area contributed by atoms with Crippen molar-refractivity contribution in [3.63, 3.8) is 0 Å². The van der Waals surface area contributed by atoms with Crippen LogP contribution in [0.3, 0.4) is 0 Å². The summed E-state index contributed by atoms with van der Waals surface area (Å²) in [5.74, 6) is 0. The molecule has 0 bridgehead atoms. The summed E-state index contributed by atoms with van der Waals surface area (Å²) in [6, 6.07) is 0. The topological polar surface area (TPSA) is 30.7 Å². The molecule has 0 spiro atoms. The molecule has 0 aliphatic heterocycles. The Kier molecular flexibility index (Phi) is 4.67. The van der Waals surface area contributed by atoms with Crippen LogP contribution in [0, 0.1) is 0 Å². The summed E-state index contributed by atoms with van der Waals surface area (Å²) in [5.41, 5.74) is -0.895. The Labute approximate surface area is 83.1 Å². The second kappa shape index (κ2) is 5.02. The molecule has 1 aromatic rings. The summed E-state index contributed by atoms with van der Waals surface area (Å²) in [6.07, 6.45) is -0.916. The minimum atomic E-state index is -2.42. The maximum absolute atomic E-state index is 12.4. The van der Waals surface area contributed by atoms with E-state index in [1.807, 2.05) is 13.8 Å². The standard InChI is InChI=1S/C7H11F2N3.C2H6/c1-7(2,6(8)9)5-4-12(3)11-10-5;1-2/h4,6H,1-3H3;1-2H3. The van der Waals surface area contributed by atoms with Gasteiger partial charge in [0.2, 0.25) is 6.43 Å². The van der Waals surface area contributed by atoms with Gasteiger partial charge in [-0.25, -0.2) is 8.78 Å². The first kappa shape index (κ1) is 13.0. The molecule has 1 aromatic heterocycles. The van der Waals surface area contributed by atoms with E-state index in [0.717, 1.165) is 0 Å². The molecule has 0 saturated heterocycles. The largest absolute Gasteiger partial charge is 0.255 e. The zero-order valence-electron chi connectivity index (χ0n) is 9.25. The van der Waals surface area contributed by atoms with Crippen LogP contribution in [-0.2, 0) is 12.5 Å². The smallest absolute Gasteiger partial charge is 0.249 e. The fourth-order valence-electron chi connectivity index (χ4n) is 0.754. The number of nitrogens with zero attached hydrogens (tertiary/aromatic N) is 3. The summed E-state index contributed by atoms with van der Waals surface area (Å²) in [7, 11) is 1.65. The summed E-state index contributed by atoms with van der Waals surface area (Å²) in [4.78, 5) is 0. The van der Waals surface area contributed by atoms with E-state index in [-0.39, 0.29) is 0 Å². The number of aromatic nitrogens is 3. The van der Waals surface area contributed by atoms with Gasteiger partial charge in [0.15, 0.2) is 0 Å². The van der Waals surface area contributed by atoms with Crippen LogP contribution in [0.15, 0.2) is 6.20 Å². The lowest BCUT2D eigenvalue weighted by molar-refractivity contribution is 0.0670. The minimum Gasteiger partial charge on any atom is -0.255 e. The molecule has 0 amide bonds. The van der Waals surface area contributed by atoms with Crippen molar-refractivity contribution in [1.82, 2.24) is 15.0 Å².